The molecule has 1 rings (SSSR count). The van der Waals surface area contributed by atoms with Crippen LogP contribution >= 0.6 is 0 Å². The highest BCUT2D eigenvalue weighted by Crippen LogP contribution is 2.22. The van der Waals surface area contributed by atoms with Crippen LogP contribution in [0.1, 0.15) is 5.56 Å². The maximum Gasteiger partial charge on any atom is 0.350 e. The molecule has 0 aromatic heterocycles. The van der Waals surface area contributed by atoms with Gasteiger partial charge in [0.15, 0.2) is 4.91 Å². The van der Waals surface area contributed by atoms with Gasteiger partial charge in [0.05, 0.1) is 5.57 Å². The molecule has 0 atom stereocenters. The second kappa shape index (κ2) is 4.98. The second-order valence-electron chi connectivity index (χ2n) is 3.21. The van der Waals surface area contributed by atoms with Crippen LogP contribution in [-0.2, 0) is 19.7 Å². The fraction of sp³-hybridized carbons (Fsp3) is 0. The highest BCUT2D eigenvalue weighted by Gasteiger charge is 2.30. The van der Waals surface area contributed by atoms with Gasteiger partial charge in [-0.3, -0.25) is 9.35 Å². The van der Waals surface area contributed by atoms with Crippen LogP contribution in [0.25, 0.3) is 5.57 Å². The highest BCUT2D eigenvalue weighted by molar-refractivity contribution is 7.91. The van der Waals surface area contributed by atoms with E-state index in [1.165, 1.54) is 24.3 Å². The van der Waals surface area contributed by atoms with Gasteiger partial charge in [0.1, 0.15) is 0 Å². The third-order valence-corrected chi connectivity index (χ3v) is 2.88. The van der Waals surface area contributed by atoms with E-state index in [1.54, 1.807) is 6.07 Å². The molecule has 0 bridgehead atoms. The first-order valence-corrected chi connectivity index (χ1v) is 5.99. The molecule has 0 radical (unpaired) electrons. The molecule has 0 spiro atoms. The summed E-state index contributed by atoms with van der Waals surface area (Å²) in [6, 6.07) is 7.10. The lowest BCUT2D eigenvalue weighted by Gasteiger charge is -2.07. The van der Waals surface area contributed by atoms with Crippen molar-refractivity contribution in [3.8, 4) is 0 Å². The average molecular weight is 271 g/mol. The summed E-state index contributed by atoms with van der Waals surface area (Å²) < 4.78 is 30.9. The molecule has 0 heterocycles. The molecule has 96 valence electrons. The zero-order valence-corrected chi connectivity index (χ0v) is 9.72. The van der Waals surface area contributed by atoms with Crippen LogP contribution in [0.5, 0.6) is 0 Å². The number of carboxylic acid groups (broad SMARTS) is 1. The van der Waals surface area contributed by atoms with Crippen molar-refractivity contribution in [3.63, 3.8) is 0 Å². The Kier molecular flexibility index (Phi) is 3.84. The molecule has 8 heteroatoms. The van der Waals surface area contributed by atoms with Crippen LogP contribution < -0.4 is 5.73 Å². The zero-order valence-electron chi connectivity index (χ0n) is 8.90. The fourth-order valence-electron chi connectivity index (χ4n) is 1.34. The molecule has 0 saturated carbocycles. The largest absolute Gasteiger partial charge is 0.477 e. The smallest absolute Gasteiger partial charge is 0.350 e. The van der Waals surface area contributed by atoms with Crippen LogP contribution in [0.4, 0.5) is 0 Å². The van der Waals surface area contributed by atoms with Crippen LogP contribution in [0.15, 0.2) is 35.2 Å². The van der Waals surface area contributed by atoms with Gasteiger partial charge in [-0.2, -0.15) is 8.42 Å². The van der Waals surface area contributed by atoms with Crippen molar-refractivity contribution >= 4 is 27.6 Å². The van der Waals surface area contributed by atoms with Crippen LogP contribution in [0.2, 0.25) is 0 Å². The Morgan fingerprint density at radius 3 is 1.94 bits per heavy atom. The summed E-state index contributed by atoms with van der Waals surface area (Å²) in [5, 5.41) is 8.78. The molecule has 1 aromatic rings. The van der Waals surface area contributed by atoms with Gasteiger partial charge in [-0.15, -0.1) is 0 Å². The summed E-state index contributed by atoms with van der Waals surface area (Å²) >= 11 is 0. The Labute approximate surface area is 102 Å². The Morgan fingerprint density at radius 1 is 1.11 bits per heavy atom. The minimum atomic E-state index is -5.08. The number of hydrogen-bond acceptors (Lipinski definition) is 4. The molecule has 1 amide bonds. The number of benzene rings is 1. The first kappa shape index (κ1) is 13.9. The number of carbonyl (C=O) groups excluding carboxylic acids is 1. The molecule has 0 saturated heterocycles. The highest BCUT2D eigenvalue weighted by atomic mass is 32.2. The Balaban J connectivity index is 3.72. The number of primary amides is 1. The van der Waals surface area contributed by atoms with E-state index < -0.39 is 32.5 Å². The van der Waals surface area contributed by atoms with Gasteiger partial charge in [-0.25, -0.2) is 4.79 Å². The number of aliphatic carboxylic acids is 1. The van der Waals surface area contributed by atoms with E-state index in [0.29, 0.717) is 0 Å². The number of carboxylic acids is 1. The summed E-state index contributed by atoms with van der Waals surface area (Å²) in [5.74, 6) is -3.23. The Hall–Kier alpha value is -2.19. The van der Waals surface area contributed by atoms with Crippen molar-refractivity contribution in [2.24, 2.45) is 5.73 Å². The average Bonchev–Trinajstić information content (AvgIpc) is 2.24. The van der Waals surface area contributed by atoms with E-state index in [1.807, 2.05) is 0 Å². The lowest BCUT2D eigenvalue weighted by molar-refractivity contribution is -0.132. The predicted octanol–water partition coefficient (Wildman–Crippen LogP) is -0.145. The molecule has 0 unspecified atom stereocenters. The van der Waals surface area contributed by atoms with Crippen molar-refractivity contribution in [2.45, 2.75) is 0 Å². The second-order valence-corrected chi connectivity index (χ2v) is 4.57. The minimum absolute atomic E-state index is 0.0139. The van der Waals surface area contributed by atoms with Crippen molar-refractivity contribution in [1.82, 2.24) is 0 Å². The number of amides is 1. The number of rotatable bonds is 4. The minimum Gasteiger partial charge on any atom is -0.477 e. The standard InChI is InChI=1S/C10H9NO6S/c11-9(12)7(6-4-2-1-3-5-6)8(10(13)14)18(15,16)17/h1-5H,(H2,11,12)(H,13,14)(H,15,16,17)/b8-7+. The van der Waals surface area contributed by atoms with E-state index in [4.69, 9.17) is 15.4 Å². The topological polar surface area (TPSA) is 135 Å². The number of nitrogens with two attached hydrogens (primary N) is 1. The van der Waals surface area contributed by atoms with Gasteiger partial charge in [0, 0.05) is 0 Å². The lowest BCUT2D eigenvalue weighted by atomic mass is 10.1. The van der Waals surface area contributed by atoms with Gasteiger partial charge in [0.2, 0.25) is 0 Å². The summed E-state index contributed by atoms with van der Waals surface area (Å²) in [5.41, 5.74) is 4.18. The number of hydrogen-bond donors (Lipinski definition) is 3. The van der Waals surface area contributed by atoms with Crippen molar-refractivity contribution in [1.29, 1.82) is 0 Å². The fourth-order valence-corrected chi connectivity index (χ4v) is 2.03. The first-order valence-electron chi connectivity index (χ1n) is 4.55. The molecule has 0 aliphatic heterocycles. The van der Waals surface area contributed by atoms with Crippen molar-refractivity contribution in [3.05, 3.63) is 40.8 Å². The molecule has 0 aliphatic carbocycles. The molecular weight excluding hydrogens is 262 g/mol. The van der Waals surface area contributed by atoms with Gasteiger partial charge in [-0.1, -0.05) is 30.3 Å². The summed E-state index contributed by atoms with van der Waals surface area (Å²) in [7, 11) is -5.08. The van der Waals surface area contributed by atoms with E-state index >= 15 is 0 Å². The molecule has 1 aromatic carbocycles. The van der Waals surface area contributed by atoms with Crippen molar-refractivity contribution < 1.29 is 27.7 Å². The van der Waals surface area contributed by atoms with Crippen molar-refractivity contribution in [2.75, 3.05) is 0 Å². The van der Waals surface area contributed by atoms with E-state index in [2.05, 4.69) is 0 Å². The first-order chi connectivity index (χ1) is 8.25. The quantitative estimate of drug-likeness (QED) is 0.515. The maximum atomic E-state index is 11.2. The van der Waals surface area contributed by atoms with E-state index in [9.17, 15) is 18.0 Å². The normalized spacial score (nSPS) is 12.7. The molecule has 4 N–H and O–H groups in total. The summed E-state index contributed by atoms with van der Waals surface area (Å²) in [6.45, 7) is 0. The van der Waals surface area contributed by atoms with Crippen LogP contribution in [0, 0.1) is 0 Å². The van der Waals surface area contributed by atoms with Crippen LogP contribution in [0.3, 0.4) is 0 Å². The molecule has 7 nitrogen and oxygen atoms in total. The zero-order chi connectivity index (χ0) is 13.9. The Morgan fingerprint density at radius 2 is 1.61 bits per heavy atom. The van der Waals surface area contributed by atoms with E-state index in [0.717, 1.165) is 0 Å². The van der Waals surface area contributed by atoms with E-state index in [-0.39, 0.29) is 5.56 Å². The van der Waals surface area contributed by atoms with Gasteiger partial charge in [0.25, 0.3) is 5.91 Å². The summed E-state index contributed by atoms with van der Waals surface area (Å²) in [4.78, 5) is 20.6. The van der Waals surface area contributed by atoms with Gasteiger partial charge < -0.3 is 10.8 Å². The predicted molar refractivity (Wildman–Crippen MR) is 61.7 cm³/mol. The Bertz CT molecular complexity index is 617. The molecule has 18 heavy (non-hydrogen) atoms. The third kappa shape index (κ3) is 2.93. The van der Waals surface area contributed by atoms with Gasteiger partial charge >= 0.3 is 16.1 Å². The van der Waals surface area contributed by atoms with Crippen LogP contribution in [-0.4, -0.2) is 30.0 Å². The third-order valence-electron chi connectivity index (χ3n) is 1.99. The molecule has 0 fully saturated rings. The summed E-state index contributed by atoms with van der Waals surface area (Å²) in [6.07, 6.45) is 0. The number of carbonyl (C=O) groups is 2. The SMILES string of the molecule is NC(=O)/C(=C(\C(=O)O)S(=O)(=O)O)c1ccccc1. The molecule has 0 aliphatic rings. The van der Waals surface area contributed by atoms with Gasteiger partial charge in [-0.05, 0) is 5.56 Å². The lowest BCUT2D eigenvalue weighted by Crippen LogP contribution is -2.22. The molecular formula is C10H9NO6S. The monoisotopic (exact) mass is 271 g/mol. The maximum absolute atomic E-state index is 11.2.